The molecule has 3 atom stereocenters. The molecule has 2 aliphatic rings. The fraction of sp³-hybridized carbons (Fsp3) is 0.474. The first-order chi connectivity index (χ1) is 11.5. The second kappa shape index (κ2) is 5.86. The van der Waals surface area contributed by atoms with Gasteiger partial charge in [0.05, 0.1) is 5.56 Å². The first kappa shape index (κ1) is 16.1. The molecule has 1 saturated carbocycles. The molecular weight excluding hydrogens is 413 g/mol. The van der Waals surface area contributed by atoms with E-state index >= 15 is 0 Å². The van der Waals surface area contributed by atoms with E-state index in [-0.39, 0.29) is 5.91 Å². The van der Waals surface area contributed by atoms with Crippen molar-refractivity contribution in [3.63, 3.8) is 0 Å². The van der Waals surface area contributed by atoms with Crippen LogP contribution < -0.4 is 5.32 Å². The maximum absolute atomic E-state index is 12.7. The molecule has 1 amide bonds. The van der Waals surface area contributed by atoms with Crippen molar-refractivity contribution in [3.8, 4) is 0 Å². The highest BCUT2D eigenvalue weighted by Gasteiger charge is 2.47. The second-order valence-corrected chi connectivity index (χ2v) is 8.40. The number of carbonyl (C=O) groups is 1. The first-order valence-corrected chi connectivity index (χ1v) is 9.68. The van der Waals surface area contributed by atoms with Crippen molar-refractivity contribution in [2.75, 3.05) is 5.32 Å². The third kappa shape index (κ3) is 2.39. The van der Waals surface area contributed by atoms with Gasteiger partial charge in [-0.15, -0.1) is 0 Å². The van der Waals surface area contributed by atoms with E-state index in [0.29, 0.717) is 23.3 Å². The average Bonchev–Trinajstić information content (AvgIpc) is 3.19. The summed E-state index contributed by atoms with van der Waals surface area (Å²) in [6.07, 6.45) is 4.32. The summed E-state index contributed by atoms with van der Waals surface area (Å²) in [5.41, 5.74) is 4.48. The van der Waals surface area contributed by atoms with Crippen LogP contribution in [-0.4, -0.2) is 15.7 Å². The molecule has 1 heterocycles. The van der Waals surface area contributed by atoms with Gasteiger partial charge >= 0.3 is 0 Å². The van der Waals surface area contributed by atoms with Gasteiger partial charge < -0.3 is 5.32 Å². The van der Waals surface area contributed by atoms with Gasteiger partial charge in [0.25, 0.3) is 5.91 Å². The molecule has 4 rings (SSSR count). The number of aromatic nitrogens is 2. The summed E-state index contributed by atoms with van der Waals surface area (Å²) in [6, 6.07) is 6.40. The quantitative estimate of drug-likeness (QED) is 0.721. The zero-order chi connectivity index (χ0) is 17.0. The Morgan fingerprint density at radius 2 is 2.08 bits per heavy atom. The van der Waals surface area contributed by atoms with Crippen molar-refractivity contribution >= 4 is 34.2 Å². The number of nitrogens with zero attached hydrogens (tertiary/aromatic N) is 2. The summed E-state index contributed by atoms with van der Waals surface area (Å²) in [6.45, 7) is 4.66. The van der Waals surface area contributed by atoms with Gasteiger partial charge in [0, 0.05) is 18.9 Å². The Labute approximate surface area is 156 Å². The van der Waals surface area contributed by atoms with Crippen LogP contribution in [0.2, 0.25) is 0 Å². The van der Waals surface area contributed by atoms with Crippen molar-refractivity contribution < 1.29 is 4.79 Å². The largest absolute Gasteiger partial charge is 0.322 e. The monoisotopic (exact) mass is 435 g/mol. The molecule has 0 aliphatic heterocycles. The molecule has 2 bridgehead atoms. The van der Waals surface area contributed by atoms with Gasteiger partial charge in [-0.3, -0.25) is 9.48 Å². The number of aryl methyl sites for hydroxylation is 1. The minimum atomic E-state index is -0.0650. The first-order valence-electron chi connectivity index (χ1n) is 8.60. The van der Waals surface area contributed by atoms with E-state index in [4.69, 9.17) is 0 Å². The highest BCUT2D eigenvalue weighted by Crippen LogP contribution is 2.61. The summed E-state index contributed by atoms with van der Waals surface area (Å²) >= 11 is 2.11. The van der Waals surface area contributed by atoms with Crippen LogP contribution >= 0.6 is 22.6 Å². The minimum absolute atomic E-state index is 0.0650. The smallest absolute Gasteiger partial charge is 0.259 e. The van der Waals surface area contributed by atoms with Gasteiger partial charge in [-0.2, -0.15) is 5.10 Å². The van der Waals surface area contributed by atoms with Crippen molar-refractivity contribution in [1.82, 2.24) is 9.78 Å². The topological polar surface area (TPSA) is 46.9 Å². The lowest BCUT2D eigenvalue weighted by molar-refractivity contribution is 0.102. The number of anilines is 1. The minimum Gasteiger partial charge on any atom is -0.322 e. The maximum Gasteiger partial charge on any atom is 0.259 e. The molecule has 1 aromatic heterocycles. The average molecular weight is 435 g/mol. The van der Waals surface area contributed by atoms with Gasteiger partial charge in [-0.05, 0) is 76.3 Å². The lowest BCUT2D eigenvalue weighted by Crippen LogP contribution is -2.15. The van der Waals surface area contributed by atoms with E-state index in [1.807, 2.05) is 7.05 Å². The molecule has 2 unspecified atom stereocenters. The number of hydrogen-bond acceptors (Lipinski definition) is 2. The summed E-state index contributed by atoms with van der Waals surface area (Å²) in [4.78, 5) is 12.7. The predicted molar refractivity (Wildman–Crippen MR) is 103 cm³/mol. The number of carbonyl (C=O) groups excluding carboxylic acids is 1. The van der Waals surface area contributed by atoms with E-state index < -0.39 is 0 Å². The Bertz CT molecular complexity index is 811. The standard InChI is InChI=1S/C19H22IN3O/c1-10(2)16-12-7-8-13(16)17-11(12)5-4-6-15(17)21-19(24)14-9-23(3)22-18(14)20/h4-6,9-10,12-13,16H,7-8H2,1-3H3,(H,21,24)/t12?,13?,16-/m0/s1. The SMILES string of the molecule is CC(C)[C@H]1C2CCC1c1c(NC(=O)c3cn(C)nc3I)cccc12. The fourth-order valence-electron chi connectivity index (χ4n) is 4.89. The molecular formula is C19H22IN3O. The van der Waals surface area contributed by atoms with E-state index in [2.05, 4.69) is 65.1 Å². The van der Waals surface area contributed by atoms with E-state index in [1.165, 1.54) is 24.0 Å². The third-order valence-electron chi connectivity index (χ3n) is 5.67. The number of nitrogens with one attached hydrogen (secondary N) is 1. The predicted octanol–water partition coefficient (Wildman–Crippen LogP) is 4.52. The third-order valence-corrected chi connectivity index (χ3v) is 6.47. The van der Waals surface area contributed by atoms with Crippen LogP contribution in [0.4, 0.5) is 5.69 Å². The number of rotatable bonds is 3. The van der Waals surface area contributed by atoms with Crippen LogP contribution in [0.5, 0.6) is 0 Å². The van der Waals surface area contributed by atoms with Crippen LogP contribution in [0.3, 0.4) is 0 Å². The van der Waals surface area contributed by atoms with Gasteiger partial charge in [0.1, 0.15) is 3.70 Å². The zero-order valence-corrected chi connectivity index (χ0v) is 16.4. The lowest BCUT2D eigenvalue weighted by Gasteiger charge is -2.21. The number of amides is 1. The number of fused-ring (bicyclic) bond motifs is 5. The van der Waals surface area contributed by atoms with Crippen LogP contribution in [-0.2, 0) is 7.05 Å². The number of benzene rings is 1. The fourth-order valence-corrected chi connectivity index (χ4v) is 5.61. The molecule has 2 aliphatic carbocycles. The molecule has 4 nitrogen and oxygen atoms in total. The van der Waals surface area contributed by atoms with Gasteiger partial charge in [-0.25, -0.2) is 0 Å². The summed E-state index contributed by atoms with van der Waals surface area (Å²) < 4.78 is 2.42. The van der Waals surface area contributed by atoms with Crippen LogP contribution in [0.25, 0.3) is 0 Å². The van der Waals surface area contributed by atoms with Crippen molar-refractivity contribution in [1.29, 1.82) is 0 Å². The molecule has 0 radical (unpaired) electrons. The molecule has 1 fully saturated rings. The van der Waals surface area contributed by atoms with Gasteiger partial charge in [0.2, 0.25) is 0 Å². The molecule has 1 N–H and O–H groups in total. The van der Waals surface area contributed by atoms with E-state index in [0.717, 1.165) is 15.3 Å². The summed E-state index contributed by atoms with van der Waals surface area (Å²) in [5.74, 6) is 2.59. The Morgan fingerprint density at radius 3 is 2.75 bits per heavy atom. The zero-order valence-electron chi connectivity index (χ0n) is 14.2. The van der Waals surface area contributed by atoms with Gasteiger partial charge in [0.15, 0.2) is 0 Å². The number of hydrogen-bond donors (Lipinski definition) is 1. The van der Waals surface area contributed by atoms with Crippen molar-refractivity contribution in [3.05, 3.63) is 44.8 Å². The molecule has 126 valence electrons. The molecule has 1 aromatic carbocycles. The Hall–Kier alpha value is -1.37. The number of halogens is 1. The van der Waals surface area contributed by atoms with Crippen LogP contribution in [0.15, 0.2) is 24.4 Å². The normalized spacial score (nSPS) is 24.5. The molecule has 0 saturated heterocycles. The highest BCUT2D eigenvalue weighted by atomic mass is 127. The Kier molecular flexibility index (Phi) is 3.94. The van der Waals surface area contributed by atoms with Gasteiger partial charge in [-0.1, -0.05) is 26.0 Å². The van der Waals surface area contributed by atoms with Crippen molar-refractivity contribution in [2.24, 2.45) is 18.9 Å². The van der Waals surface area contributed by atoms with Crippen LogP contribution in [0, 0.1) is 15.5 Å². The highest BCUT2D eigenvalue weighted by molar-refractivity contribution is 14.1. The molecule has 24 heavy (non-hydrogen) atoms. The van der Waals surface area contributed by atoms with E-state index in [9.17, 15) is 4.79 Å². The van der Waals surface area contributed by atoms with E-state index in [1.54, 1.807) is 10.9 Å². The Balaban J connectivity index is 1.68. The maximum atomic E-state index is 12.7. The summed E-state index contributed by atoms with van der Waals surface area (Å²) in [5, 5.41) is 7.42. The Morgan fingerprint density at radius 1 is 1.33 bits per heavy atom. The summed E-state index contributed by atoms with van der Waals surface area (Å²) in [7, 11) is 1.84. The lowest BCUT2D eigenvalue weighted by atomic mass is 9.85. The molecule has 2 aromatic rings. The van der Waals surface area contributed by atoms with Crippen molar-refractivity contribution in [2.45, 2.75) is 38.5 Å². The molecule has 5 heteroatoms. The van der Waals surface area contributed by atoms with Crippen LogP contribution in [0.1, 0.15) is 60.0 Å². The molecule has 0 spiro atoms. The second-order valence-electron chi connectivity index (χ2n) is 7.38.